The largest absolute Gasteiger partial charge is 0.478 e. The Hall–Kier alpha value is -5.19. The van der Waals surface area contributed by atoms with Crippen LogP contribution < -0.4 is 16.4 Å². The standard InChI is InChI=1S/C30H23F3N4O4/c1-15(35-25-7-5-4-6-18(25)30(40)41)19-9-17(31)10-21-20(19)11-26(37(3)29(21)39)16-8-23(32)28(34-13-16)22-12-27(38)36(2)14-24(22)33/h4-15,35H,1-3H3,(H,40,41)/t15-/m1/s1. The number of carboxylic acids is 1. The summed E-state index contributed by atoms with van der Waals surface area (Å²) >= 11 is 0. The third kappa shape index (κ3) is 4.97. The second-order valence-electron chi connectivity index (χ2n) is 9.61. The molecule has 41 heavy (non-hydrogen) atoms. The Bertz CT molecular complexity index is 1980. The van der Waals surface area contributed by atoms with Crippen LogP contribution in [0, 0.1) is 17.5 Å². The maximum atomic E-state index is 15.3. The van der Waals surface area contributed by atoms with E-state index >= 15 is 4.39 Å². The van der Waals surface area contributed by atoms with E-state index in [-0.39, 0.29) is 33.5 Å². The molecule has 0 amide bonds. The quantitative estimate of drug-likeness (QED) is 0.294. The molecular formula is C30H23F3N4O4. The molecule has 0 aliphatic rings. The molecule has 0 saturated heterocycles. The van der Waals surface area contributed by atoms with Crippen molar-refractivity contribution in [2.75, 3.05) is 5.32 Å². The molecule has 0 saturated carbocycles. The Morgan fingerprint density at radius 2 is 1.71 bits per heavy atom. The predicted octanol–water partition coefficient (Wildman–Crippen LogP) is 5.25. The van der Waals surface area contributed by atoms with E-state index in [2.05, 4.69) is 10.3 Å². The highest BCUT2D eigenvalue weighted by molar-refractivity contribution is 5.94. The molecule has 3 aromatic heterocycles. The Labute approximate surface area is 231 Å². The summed E-state index contributed by atoms with van der Waals surface area (Å²) < 4.78 is 46.7. The van der Waals surface area contributed by atoms with Crippen LogP contribution in [0.25, 0.3) is 33.3 Å². The van der Waals surface area contributed by atoms with E-state index < -0.39 is 40.6 Å². The summed E-state index contributed by atoms with van der Waals surface area (Å²) in [7, 11) is 2.81. The van der Waals surface area contributed by atoms with Crippen LogP contribution in [0.3, 0.4) is 0 Å². The molecular weight excluding hydrogens is 537 g/mol. The first kappa shape index (κ1) is 27.4. The summed E-state index contributed by atoms with van der Waals surface area (Å²) in [6.07, 6.45) is 2.19. The first-order chi connectivity index (χ1) is 19.5. The molecule has 11 heteroatoms. The number of hydrogen-bond donors (Lipinski definition) is 2. The summed E-state index contributed by atoms with van der Waals surface area (Å²) in [5.41, 5.74) is -0.650. The Kier molecular flexibility index (Phi) is 6.96. The molecule has 0 aliphatic carbocycles. The van der Waals surface area contributed by atoms with Gasteiger partial charge in [0.25, 0.3) is 11.1 Å². The van der Waals surface area contributed by atoms with Crippen LogP contribution in [-0.2, 0) is 14.1 Å². The topological polar surface area (TPSA) is 106 Å². The van der Waals surface area contributed by atoms with Gasteiger partial charge in [-0.25, -0.2) is 18.0 Å². The number of nitrogens with one attached hydrogen (secondary N) is 1. The first-order valence-electron chi connectivity index (χ1n) is 12.4. The Morgan fingerprint density at radius 3 is 2.41 bits per heavy atom. The van der Waals surface area contributed by atoms with Gasteiger partial charge < -0.3 is 19.6 Å². The van der Waals surface area contributed by atoms with Crippen LogP contribution in [-0.4, -0.2) is 25.2 Å². The summed E-state index contributed by atoms with van der Waals surface area (Å²) in [5, 5.41) is 13.0. The summed E-state index contributed by atoms with van der Waals surface area (Å²) in [5.74, 6) is -3.55. The molecule has 2 aromatic carbocycles. The van der Waals surface area contributed by atoms with E-state index in [9.17, 15) is 28.3 Å². The fraction of sp³-hybridized carbons (Fsp3) is 0.133. The number of carbonyl (C=O) groups is 1. The number of benzene rings is 2. The third-order valence-electron chi connectivity index (χ3n) is 6.92. The zero-order chi connectivity index (χ0) is 29.6. The lowest BCUT2D eigenvalue weighted by molar-refractivity contribution is 0.0698. The van der Waals surface area contributed by atoms with Crippen LogP contribution in [0.5, 0.6) is 0 Å². The predicted molar refractivity (Wildman–Crippen MR) is 148 cm³/mol. The normalized spacial score (nSPS) is 12.0. The van der Waals surface area contributed by atoms with Crippen molar-refractivity contribution in [3.8, 4) is 22.5 Å². The summed E-state index contributed by atoms with van der Waals surface area (Å²) in [4.78, 5) is 41.1. The fourth-order valence-corrected chi connectivity index (χ4v) is 4.80. The van der Waals surface area contributed by atoms with Crippen molar-refractivity contribution in [2.45, 2.75) is 13.0 Å². The van der Waals surface area contributed by atoms with Gasteiger partial charge in [0.2, 0.25) is 0 Å². The fourth-order valence-electron chi connectivity index (χ4n) is 4.80. The van der Waals surface area contributed by atoms with E-state index in [1.165, 1.54) is 37.0 Å². The molecule has 0 bridgehead atoms. The lowest BCUT2D eigenvalue weighted by atomic mass is 9.97. The molecule has 2 N–H and O–H groups in total. The zero-order valence-electron chi connectivity index (χ0n) is 22.1. The smallest absolute Gasteiger partial charge is 0.337 e. The summed E-state index contributed by atoms with van der Waals surface area (Å²) in [6.45, 7) is 1.69. The van der Waals surface area contributed by atoms with Gasteiger partial charge in [-0.2, -0.15) is 0 Å². The highest BCUT2D eigenvalue weighted by atomic mass is 19.1. The number of hydrogen-bond acceptors (Lipinski definition) is 5. The van der Waals surface area contributed by atoms with Gasteiger partial charge in [-0.15, -0.1) is 0 Å². The average Bonchev–Trinajstić information content (AvgIpc) is 2.93. The number of para-hydroxylation sites is 1. The minimum Gasteiger partial charge on any atom is -0.478 e. The SMILES string of the molecule is C[C@@H](Nc1ccccc1C(=O)O)c1cc(F)cc2c(=O)n(C)c(-c3cnc(-c4cc(=O)n(C)cc4F)c(F)c3)cc12. The number of aromatic carboxylic acids is 1. The van der Waals surface area contributed by atoms with Crippen LogP contribution in [0.4, 0.5) is 18.9 Å². The number of nitrogens with zero attached hydrogens (tertiary/aromatic N) is 3. The van der Waals surface area contributed by atoms with Gasteiger partial charge in [-0.05, 0) is 54.3 Å². The molecule has 208 valence electrons. The Balaban J connectivity index is 1.64. The van der Waals surface area contributed by atoms with Crippen LogP contribution in [0.2, 0.25) is 0 Å². The van der Waals surface area contributed by atoms with Gasteiger partial charge in [0.1, 0.15) is 23.1 Å². The molecule has 0 radical (unpaired) electrons. The van der Waals surface area contributed by atoms with E-state index in [1.54, 1.807) is 31.2 Å². The maximum absolute atomic E-state index is 15.3. The van der Waals surface area contributed by atoms with Crippen molar-refractivity contribution in [1.29, 1.82) is 0 Å². The van der Waals surface area contributed by atoms with Crippen molar-refractivity contribution in [1.82, 2.24) is 14.1 Å². The van der Waals surface area contributed by atoms with E-state index in [4.69, 9.17) is 0 Å². The van der Waals surface area contributed by atoms with E-state index in [1.807, 2.05) is 0 Å². The van der Waals surface area contributed by atoms with Gasteiger partial charge in [0, 0.05) is 55.4 Å². The van der Waals surface area contributed by atoms with E-state index in [0.717, 1.165) is 29.0 Å². The van der Waals surface area contributed by atoms with Crippen molar-refractivity contribution in [2.24, 2.45) is 14.1 Å². The molecule has 0 unspecified atom stereocenters. The number of anilines is 1. The maximum Gasteiger partial charge on any atom is 0.337 e. The van der Waals surface area contributed by atoms with Gasteiger partial charge in [0.05, 0.1) is 16.6 Å². The van der Waals surface area contributed by atoms with Crippen molar-refractivity contribution in [3.05, 3.63) is 116 Å². The number of fused-ring (bicyclic) bond motifs is 1. The van der Waals surface area contributed by atoms with Crippen LogP contribution in [0.1, 0.15) is 28.9 Å². The minimum absolute atomic E-state index is 0.0195. The highest BCUT2D eigenvalue weighted by Gasteiger charge is 2.20. The van der Waals surface area contributed by atoms with Crippen molar-refractivity contribution >= 4 is 22.4 Å². The lowest BCUT2D eigenvalue weighted by Crippen LogP contribution is -2.20. The molecule has 1 atom stereocenters. The van der Waals surface area contributed by atoms with Crippen LogP contribution in [0.15, 0.2) is 76.6 Å². The summed E-state index contributed by atoms with van der Waals surface area (Å²) in [6, 6.07) is 11.6. The first-order valence-corrected chi connectivity index (χ1v) is 12.4. The molecule has 5 rings (SSSR count). The molecule has 5 aromatic rings. The van der Waals surface area contributed by atoms with Crippen molar-refractivity contribution in [3.63, 3.8) is 0 Å². The second kappa shape index (κ2) is 10.4. The van der Waals surface area contributed by atoms with Gasteiger partial charge in [-0.3, -0.25) is 14.6 Å². The third-order valence-corrected chi connectivity index (χ3v) is 6.92. The van der Waals surface area contributed by atoms with Crippen LogP contribution >= 0.6 is 0 Å². The highest BCUT2D eigenvalue weighted by Crippen LogP contribution is 2.32. The molecule has 0 aliphatic heterocycles. The molecule has 0 spiro atoms. The van der Waals surface area contributed by atoms with Gasteiger partial charge in [0.15, 0.2) is 0 Å². The van der Waals surface area contributed by atoms with Crippen molar-refractivity contribution < 1.29 is 23.1 Å². The van der Waals surface area contributed by atoms with Gasteiger partial charge >= 0.3 is 5.97 Å². The second-order valence-corrected chi connectivity index (χ2v) is 9.61. The average molecular weight is 561 g/mol. The number of pyridine rings is 3. The lowest BCUT2D eigenvalue weighted by Gasteiger charge is -2.20. The monoisotopic (exact) mass is 560 g/mol. The molecule has 0 fully saturated rings. The van der Waals surface area contributed by atoms with E-state index in [0.29, 0.717) is 16.6 Å². The zero-order valence-corrected chi connectivity index (χ0v) is 22.1. The Morgan fingerprint density at radius 1 is 0.976 bits per heavy atom. The minimum atomic E-state index is -1.14. The number of rotatable bonds is 6. The van der Waals surface area contributed by atoms with Gasteiger partial charge in [-0.1, -0.05) is 12.1 Å². The number of aromatic nitrogens is 3. The number of halogens is 3. The molecule has 3 heterocycles. The number of aryl methyl sites for hydroxylation is 1. The number of carboxylic acid groups (broad SMARTS) is 1. The molecule has 8 nitrogen and oxygen atoms in total.